The molecule has 2 heteroatoms. The molecule has 0 saturated carbocycles. The summed E-state index contributed by atoms with van der Waals surface area (Å²) in [6, 6.07) is 11.4. The quantitative estimate of drug-likeness (QED) is 0.739. The van der Waals surface area contributed by atoms with Crippen LogP contribution < -0.4 is 0 Å². The van der Waals surface area contributed by atoms with Gasteiger partial charge in [-0.1, -0.05) is 18.2 Å². The lowest BCUT2D eigenvalue weighted by Crippen LogP contribution is -2.41. The van der Waals surface area contributed by atoms with Crippen molar-refractivity contribution in [2.75, 3.05) is 0 Å². The largest absolute Gasteiger partial charge is 0.333 e. The zero-order valence-electron chi connectivity index (χ0n) is 9.74. The molecular formula is C13H17NO. The second-order valence-corrected chi connectivity index (χ2v) is 4.11. The van der Waals surface area contributed by atoms with Gasteiger partial charge < -0.3 is 4.90 Å². The molecule has 0 aliphatic heterocycles. The Morgan fingerprint density at radius 1 is 1.27 bits per heavy atom. The molecule has 0 aromatic heterocycles. The van der Waals surface area contributed by atoms with Crippen LogP contribution in [0.1, 0.15) is 38.1 Å². The van der Waals surface area contributed by atoms with Crippen molar-refractivity contribution in [3.63, 3.8) is 0 Å². The maximum absolute atomic E-state index is 12.1. The molecule has 0 atom stereocenters. The Morgan fingerprint density at radius 3 is 2.27 bits per heavy atom. The molecule has 0 fully saturated rings. The summed E-state index contributed by atoms with van der Waals surface area (Å²) in [5.74, 6) is 0.0249. The molecule has 1 rings (SSSR count). The van der Waals surface area contributed by atoms with E-state index < -0.39 is 0 Å². The summed E-state index contributed by atoms with van der Waals surface area (Å²) in [7, 11) is 0. The van der Waals surface area contributed by atoms with Gasteiger partial charge in [-0.15, -0.1) is 0 Å². The molecule has 1 amide bonds. The molecular weight excluding hydrogens is 186 g/mol. The number of hydrogen-bond donors (Lipinski definition) is 0. The molecule has 0 heterocycles. The summed E-state index contributed by atoms with van der Waals surface area (Å²) in [5, 5.41) is 0. The van der Waals surface area contributed by atoms with E-state index in [1.54, 1.807) is 12.1 Å². The van der Waals surface area contributed by atoms with Gasteiger partial charge in [0.2, 0.25) is 0 Å². The third kappa shape index (κ3) is 2.73. The summed E-state index contributed by atoms with van der Waals surface area (Å²) in [4.78, 5) is 13.9. The summed E-state index contributed by atoms with van der Waals surface area (Å²) in [5.41, 5.74) is 0.583. The molecule has 0 unspecified atom stereocenters. The number of rotatable bonds is 3. The van der Waals surface area contributed by atoms with E-state index in [0.29, 0.717) is 5.56 Å². The van der Waals surface area contributed by atoms with Gasteiger partial charge in [0.15, 0.2) is 0 Å². The molecule has 15 heavy (non-hydrogen) atoms. The van der Waals surface area contributed by atoms with Crippen molar-refractivity contribution >= 4 is 5.91 Å². The third-order valence-electron chi connectivity index (χ3n) is 2.23. The second kappa shape index (κ2) is 4.84. The molecule has 0 aliphatic carbocycles. The average molecular weight is 203 g/mol. The van der Waals surface area contributed by atoms with Crippen LogP contribution in [0, 0.1) is 12.1 Å². The molecule has 0 N–H and O–H groups in total. The first kappa shape index (κ1) is 11.6. The molecule has 0 saturated heterocycles. The van der Waals surface area contributed by atoms with Crippen LogP contribution in [0.3, 0.4) is 0 Å². The van der Waals surface area contributed by atoms with Crippen LogP contribution in [0.25, 0.3) is 0 Å². The molecule has 1 aromatic rings. The maximum atomic E-state index is 12.1. The van der Waals surface area contributed by atoms with Crippen LogP contribution in [0.4, 0.5) is 0 Å². The zero-order chi connectivity index (χ0) is 11.4. The van der Waals surface area contributed by atoms with Gasteiger partial charge >= 0.3 is 0 Å². The van der Waals surface area contributed by atoms with Crippen LogP contribution in [-0.4, -0.2) is 22.9 Å². The van der Waals surface area contributed by atoms with Gasteiger partial charge in [-0.2, -0.15) is 0 Å². The van der Waals surface area contributed by atoms with Crippen LogP contribution in [-0.2, 0) is 0 Å². The van der Waals surface area contributed by atoms with Crippen molar-refractivity contribution in [1.29, 1.82) is 0 Å². The number of hydrogen-bond acceptors (Lipinski definition) is 1. The first-order chi connectivity index (χ1) is 7.04. The monoisotopic (exact) mass is 203 g/mol. The maximum Gasteiger partial charge on any atom is 0.262 e. The summed E-state index contributed by atoms with van der Waals surface area (Å²) >= 11 is 0. The highest BCUT2D eigenvalue weighted by atomic mass is 16.2. The van der Waals surface area contributed by atoms with E-state index in [4.69, 9.17) is 0 Å². The predicted molar refractivity (Wildman–Crippen MR) is 60.6 cm³/mol. The summed E-state index contributed by atoms with van der Waals surface area (Å²) in [6.07, 6.45) is 0. The van der Waals surface area contributed by atoms with Crippen LogP contribution in [0.2, 0.25) is 0 Å². The van der Waals surface area contributed by atoms with E-state index in [1.165, 1.54) is 0 Å². The third-order valence-corrected chi connectivity index (χ3v) is 2.23. The molecule has 0 radical (unpaired) electrons. The second-order valence-electron chi connectivity index (χ2n) is 4.11. The Kier molecular flexibility index (Phi) is 3.74. The number of amides is 1. The minimum absolute atomic E-state index is 0.0249. The Bertz CT molecular complexity index is 309. The summed E-state index contributed by atoms with van der Waals surface area (Å²) < 4.78 is 0. The van der Waals surface area contributed by atoms with E-state index in [1.807, 2.05) is 38.7 Å². The van der Waals surface area contributed by atoms with E-state index >= 15 is 0 Å². The number of nitrogens with zero attached hydrogens (tertiary/aromatic N) is 1. The topological polar surface area (TPSA) is 20.3 Å². The van der Waals surface area contributed by atoms with E-state index in [2.05, 4.69) is 12.1 Å². The highest BCUT2D eigenvalue weighted by Gasteiger charge is 2.21. The fourth-order valence-electron chi connectivity index (χ4n) is 1.68. The first-order valence-corrected chi connectivity index (χ1v) is 5.25. The fourth-order valence-corrected chi connectivity index (χ4v) is 1.68. The highest BCUT2D eigenvalue weighted by Crippen LogP contribution is 2.10. The van der Waals surface area contributed by atoms with Crippen molar-refractivity contribution in [3.8, 4) is 0 Å². The minimum Gasteiger partial charge on any atom is -0.333 e. The van der Waals surface area contributed by atoms with Crippen molar-refractivity contribution < 1.29 is 4.79 Å². The first-order valence-electron chi connectivity index (χ1n) is 5.25. The van der Waals surface area contributed by atoms with Crippen LogP contribution >= 0.6 is 0 Å². The molecule has 2 nitrogen and oxygen atoms in total. The van der Waals surface area contributed by atoms with Gasteiger partial charge in [-0.3, -0.25) is 4.79 Å². The molecule has 80 valence electrons. The van der Waals surface area contributed by atoms with Crippen molar-refractivity contribution in [2.45, 2.75) is 39.8 Å². The fraction of sp³-hybridized carbons (Fsp3) is 0.462. The van der Waals surface area contributed by atoms with Gasteiger partial charge in [0.1, 0.15) is 0 Å². The number of carbonyl (C=O) groups excluding carboxylic acids is 1. The van der Waals surface area contributed by atoms with Crippen molar-refractivity contribution in [1.82, 2.24) is 4.90 Å². The lowest BCUT2D eigenvalue weighted by atomic mass is 10.1. The Hall–Kier alpha value is -1.49. The van der Waals surface area contributed by atoms with Gasteiger partial charge in [0.25, 0.3) is 5.91 Å². The Morgan fingerprint density at radius 2 is 1.87 bits per heavy atom. The van der Waals surface area contributed by atoms with Gasteiger partial charge in [0.05, 0.1) is 5.56 Å². The Balaban J connectivity index is 2.92. The van der Waals surface area contributed by atoms with Crippen molar-refractivity contribution in [2.24, 2.45) is 0 Å². The van der Waals surface area contributed by atoms with Crippen molar-refractivity contribution in [3.05, 3.63) is 35.9 Å². The van der Waals surface area contributed by atoms with Gasteiger partial charge in [-0.25, -0.2) is 0 Å². The smallest absolute Gasteiger partial charge is 0.262 e. The van der Waals surface area contributed by atoms with E-state index in [9.17, 15) is 4.79 Å². The van der Waals surface area contributed by atoms with Crippen LogP contribution in [0.15, 0.2) is 18.2 Å². The van der Waals surface area contributed by atoms with E-state index in [-0.39, 0.29) is 18.0 Å². The molecule has 0 aliphatic rings. The average Bonchev–Trinajstić information content (AvgIpc) is 2.18. The SMILES string of the molecule is CC(C)N(C(=O)c1c#cccc1)C(C)C. The standard InChI is InChI=1S/C13H17NO/c1-10(2)14(11(3)4)13(15)12-8-6-5-7-9-12/h5-6,8,10-11H,1-4H3. The lowest BCUT2D eigenvalue weighted by Gasteiger charge is -2.30. The lowest BCUT2D eigenvalue weighted by molar-refractivity contribution is 0.0644. The highest BCUT2D eigenvalue weighted by molar-refractivity contribution is 5.93. The van der Waals surface area contributed by atoms with Gasteiger partial charge in [-0.05, 0) is 39.8 Å². The minimum atomic E-state index is 0.0249. The number of carbonyl (C=O) groups is 1. The molecule has 1 aromatic carbocycles. The zero-order valence-corrected chi connectivity index (χ0v) is 9.74. The molecule has 0 bridgehead atoms. The van der Waals surface area contributed by atoms with E-state index in [0.717, 1.165) is 0 Å². The van der Waals surface area contributed by atoms with Crippen LogP contribution in [0.5, 0.6) is 0 Å². The summed E-state index contributed by atoms with van der Waals surface area (Å²) in [6.45, 7) is 8.07. The normalized spacial score (nSPS) is 10.3. The predicted octanol–water partition coefficient (Wildman–Crippen LogP) is 2.55. The van der Waals surface area contributed by atoms with Gasteiger partial charge in [0, 0.05) is 12.1 Å². The Labute approximate surface area is 91.9 Å². The molecule has 0 spiro atoms.